The Morgan fingerprint density at radius 2 is 1.58 bits per heavy atom. The van der Waals surface area contributed by atoms with E-state index in [1.807, 2.05) is 44.2 Å². The minimum Gasteiger partial charge on any atom is -0.439 e. The fourth-order valence-electron chi connectivity index (χ4n) is 2.54. The first-order chi connectivity index (χ1) is 11.4. The number of carbonyl (C=O) groups is 1. The molecule has 1 amide bonds. The lowest BCUT2D eigenvalue weighted by atomic mass is 9.95. The van der Waals surface area contributed by atoms with E-state index in [0.29, 0.717) is 0 Å². The Morgan fingerprint density at radius 3 is 2.17 bits per heavy atom. The van der Waals surface area contributed by atoms with Crippen molar-refractivity contribution in [1.82, 2.24) is 4.90 Å². The van der Waals surface area contributed by atoms with Gasteiger partial charge in [-0.15, -0.1) is 0 Å². The maximum atomic E-state index is 12.2. The molecule has 0 radical (unpaired) electrons. The molecule has 0 aromatic heterocycles. The molecule has 24 heavy (non-hydrogen) atoms. The Balaban J connectivity index is 2.07. The molecule has 0 aliphatic carbocycles. The Kier molecular flexibility index (Phi) is 6.02. The van der Waals surface area contributed by atoms with Crippen molar-refractivity contribution >= 4 is 6.09 Å². The molecule has 0 atom stereocenters. The van der Waals surface area contributed by atoms with Gasteiger partial charge in [0.25, 0.3) is 0 Å². The number of ether oxygens (including phenoxy) is 1. The first kappa shape index (κ1) is 18.1. The highest BCUT2D eigenvalue weighted by molar-refractivity contribution is 5.68. The summed E-state index contributed by atoms with van der Waals surface area (Å²) in [5, 5.41) is 0. The van der Waals surface area contributed by atoms with E-state index in [4.69, 9.17) is 4.74 Å². The summed E-state index contributed by atoms with van der Waals surface area (Å²) in [5.41, 5.74) is 2.66. The lowest BCUT2D eigenvalue weighted by molar-refractivity contribution is 0.0151. The molecule has 0 saturated heterocycles. The minimum absolute atomic E-state index is 0.277. The van der Waals surface area contributed by atoms with Gasteiger partial charge in [-0.25, -0.2) is 4.79 Å². The van der Waals surface area contributed by atoms with E-state index in [-0.39, 0.29) is 6.09 Å². The van der Waals surface area contributed by atoms with Crippen LogP contribution in [0.1, 0.15) is 39.2 Å². The SMILES string of the molecule is CCCCN(C)C(=O)OC(C)(C)c1ccc(-c2ccccc2)cc1. The number of hydrogen-bond donors (Lipinski definition) is 0. The van der Waals surface area contributed by atoms with Crippen molar-refractivity contribution in [2.45, 2.75) is 39.2 Å². The molecule has 0 aliphatic heterocycles. The third-order valence-corrected chi connectivity index (χ3v) is 4.19. The van der Waals surface area contributed by atoms with Gasteiger partial charge in [-0.05, 0) is 37.0 Å². The number of benzene rings is 2. The predicted octanol–water partition coefficient (Wildman–Crippen LogP) is 5.46. The van der Waals surface area contributed by atoms with E-state index in [2.05, 4.69) is 31.2 Å². The normalized spacial score (nSPS) is 11.2. The molecular weight excluding hydrogens is 298 g/mol. The van der Waals surface area contributed by atoms with Gasteiger partial charge in [0.2, 0.25) is 0 Å². The highest BCUT2D eigenvalue weighted by atomic mass is 16.6. The van der Waals surface area contributed by atoms with Gasteiger partial charge in [0.15, 0.2) is 0 Å². The molecule has 0 unspecified atom stereocenters. The molecule has 0 aliphatic rings. The van der Waals surface area contributed by atoms with Crippen LogP contribution in [0.3, 0.4) is 0 Å². The number of hydrogen-bond acceptors (Lipinski definition) is 2. The number of rotatable bonds is 6. The Bertz CT molecular complexity index is 647. The summed E-state index contributed by atoms with van der Waals surface area (Å²) in [6.45, 7) is 6.68. The van der Waals surface area contributed by atoms with Crippen molar-refractivity contribution < 1.29 is 9.53 Å². The van der Waals surface area contributed by atoms with Crippen LogP contribution in [0.25, 0.3) is 11.1 Å². The molecule has 2 rings (SSSR count). The average Bonchev–Trinajstić information content (AvgIpc) is 2.60. The van der Waals surface area contributed by atoms with E-state index >= 15 is 0 Å². The van der Waals surface area contributed by atoms with Gasteiger partial charge in [0.1, 0.15) is 5.60 Å². The van der Waals surface area contributed by atoms with Crippen molar-refractivity contribution in [2.75, 3.05) is 13.6 Å². The number of amides is 1. The zero-order valence-electron chi connectivity index (χ0n) is 15.1. The summed E-state index contributed by atoms with van der Waals surface area (Å²) in [5.74, 6) is 0. The van der Waals surface area contributed by atoms with Gasteiger partial charge in [-0.2, -0.15) is 0 Å². The van der Waals surface area contributed by atoms with Crippen LogP contribution in [-0.2, 0) is 10.3 Å². The number of carbonyl (C=O) groups excluding carboxylic acids is 1. The highest BCUT2D eigenvalue weighted by Gasteiger charge is 2.26. The van der Waals surface area contributed by atoms with E-state index < -0.39 is 5.60 Å². The van der Waals surface area contributed by atoms with Gasteiger partial charge in [0, 0.05) is 13.6 Å². The fraction of sp³-hybridized carbons (Fsp3) is 0.381. The number of nitrogens with zero attached hydrogens (tertiary/aromatic N) is 1. The van der Waals surface area contributed by atoms with Crippen LogP contribution in [-0.4, -0.2) is 24.6 Å². The zero-order valence-corrected chi connectivity index (χ0v) is 15.1. The summed E-state index contributed by atoms with van der Waals surface area (Å²) in [6.07, 6.45) is 1.76. The third-order valence-electron chi connectivity index (χ3n) is 4.19. The molecule has 0 fully saturated rings. The molecule has 3 nitrogen and oxygen atoms in total. The molecule has 0 saturated carbocycles. The van der Waals surface area contributed by atoms with Crippen molar-refractivity contribution in [3.8, 4) is 11.1 Å². The second-order valence-electron chi connectivity index (χ2n) is 6.60. The van der Waals surface area contributed by atoms with Gasteiger partial charge < -0.3 is 9.64 Å². The van der Waals surface area contributed by atoms with Gasteiger partial charge in [0.05, 0.1) is 0 Å². The lowest BCUT2D eigenvalue weighted by Crippen LogP contribution is -2.35. The first-order valence-electron chi connectivity index (χ1n) is 8.54. The molecule has 2 aromatic carbocycles. The highest BCUT2D eigenvalue weighted by Crippen LogP contribution is 2.28. The molecular formula is C21H27NO2. The quantitative estimate of drug-likeness (QED) is 0.706. The molecule has 128 valence electrons. The smallest absolute Gasteiger partial charge is 0.410 e. The second-order valence-corrected chi connectivity index (χ2v) is 6.60. The maximum absolute atomic E-state index is 12.2. The molecule has 0 bridgehead atoms. The summed E-state index contributed by atoms with van der Waals surface area (Å²) in [6, 6.07) is 18.4. The molecule has 3 heteroatoms. The minimum atomic E-state index is -0.660. The van der Waals surface area contributed by atoms with Crippen LogP contribution in [0.2, 0.25) is 0 Å². The Hall–Kier alpha value is -2.29. The van der Waals surface area contributed by atoms with E-state index in [1.165, 1.54) is 5.56 Å². The molecule has 0 spiro atoms. The van der Waals surface area contributed by atoms with Crippen LogP contribution in [0.5, 0.6) is 0 Å². The largest absolute Gasteiger partial charge is 0.439 e. The molecule has 0 N–H and O–H groups in total. The van der Waals surface area contributed by atoms with E-state index in [9.17, 15) is 4.79 Å². The zero-order chi connectivity index (χ0) is 17.6. The Labute approximate surface area is 145 Å². The lowest BCUT2D eigenvalue weighted by Gasteiger charge is -2.28. The van der Waals surface area contributed by atoms with Crippen molar-refractivity contribution in [2.24, 2.45) is 0 Å². The van der Waals surface area contributed by atoms with E-state index in [1.54, 1.807) is 11.9 Å². The standard InChI is InChI=1S/C21H27NO2/c1-5-6-16-22(4)20(23)24-21(2,3)19-14-12-18(13-15-19)17-10-8-7-9-11-17/h7-15H,5-6,16H2,1-4H3. The van der Waals surface area contributed by atoms with Crippen LogP contribution in [0.15, 0.2) is 54.6 Å². The summed E-state index contributed by atoms with van der Waals surface area (Å²) in [7, 11) is 1.78. The summed E-state index contributed by atoms with van der Waals surface area (Å²) in [4.78, 5) is 13.9. The van der Waals surface area contributed by atoms with Crippen molar-refractivity contribution in [3.63, 3.8) is 0 Å². The monoisotopic (exact) mass is 325 g/mol. The van der Waals surface area contributed by atoms with Crippen LogP contribution >= 0.6 is 0 Å². The van der Waals surface area contributed by atoms with Crippen LogP contribution in [0, 0.1) is 0 Å². The molecule has 0 heterocycles. The van der Waals surface area contributed by atoms with Crippen molar-refractivity contribution in [3.05, 3.63) is 60.2 Å². The first-order valence-corrected chi connectivity index (χ1v) is 8.54. The predicted molar refractivity (Wildman–Crippen MR) is 98.9 cm³/mol. The number of unbranched alkanes of at least 4 members (excludes halogenated alkanes) is 1. The van der Waals surface area contributed by atoms with Gasteiger partial charge in [-0.1, -0.05) is 67.9 Å². The maximum Gasteiger partial charge on any atom is 0.410 e. The summed E-state index contributed by atoms with van der Waals surface area (Å²) >= 11 is 0. The summed E-state index contributed by atoms with van der Waals surface area (Å²) < 4.78 is 5.72. The van der Waals surface area contributed by atoms with Crippen molar-refractivity contribution in [1.29, 1.82) is 0 Å². The third kappa shape index (κ3) is 4.60. The average molecular weight is 325 g/mol. The second kappa shape index (κ2) is 8.00. The molecule has 2 aromatic rings. The Morgan fingerprint density at radius 1 is 1.00 bits per heavy atom. The van der Waals surface area contributed by atoms with Gasteiger partial charge in [-0.3, -0.25) is 0 Å². The van der Waals surface area contributed by atoms with Crippen LogP contribution in [0.4, 0.5) is 4.79 Å². The fourth-order valence-corrected chi connectivity index (χ4v) is 2.54. The van der Waals surface area contributed by atoms with E-state index in [0.717, 1.165) is 30.5 Å². The van der Waals surface area contributed by atoms with Gasteiger partial charge >= 0.3 is 6.09 Å². The topological polar surface area (TPSA) is 29.5 Å². The van der Waals surface area contributed by atoms with Crippen LogP contribution < -0.4 is 0 Å².